The van der Waals surface area contributed by atoms with Crippen molar-refractivity contribution in [2.45, 2.75) is 0 Å². The van der Waals surface area contributed by atoms with E-state index in [1.807, 2.05) is 0 Å². The molecule has 0 atom stereocenters. The maximum atomic E-state index is 13.1. The number of aromatic nitrogens is 1. The van der Waals surface area contributed by atoms with E-state index in [1.165, 1.54) is 6.20 Å². The molecule has 1 aromatic carbocycles. The molecule has 17 heavy (non-hydrogen) atoms. The zero-order chi connectivity index (χ0) is 12.4. The Morgan fingerprint density at radius 2 is 2.12 bits per heavy atom. The molecular weight excluding hydrogens is 225 g/mol. The number of hydrogen-bond donors (Lipinski definition) is 1. The molecule has 2 rings (SSSR count). The average molecular weight is 233 g/mol. The molecule has 2 aromatic rings. The molecule has 0 aliphatic rings. The lowest BCUT2D eigenvalue weighted by molar-refractivity contribution is -0.384. The highest BCUT2D eigenvalue weighted by Crippen LogP contribution is 2.32. The minimum absolute atomic E-state index is 0.0769. The largest absolute Gasteiger partial charge is 0.397 e. The van der Waals surface area contributed by atoms with Crippen LogP contribution in [-0.2, 0) is 0 Å². The zero-order valence-corrected chi connectivity index (χ0v) is 8.63. The molecule has 1 heterocycles. The molecule has 6 heteroatoms. The zero-order valence-electron chi connectivity index (χ0n) is 8.63. The SMILES string of the molecule is Nc1cccnc1-c1cc(F)ccc1[N+](=O)[O-]. The molecule has 2 N–H and O–H groups in total. The maximum absolute atomic E-state index is 13.1. The van der Waals surface area contributed by atoms with Crippen molar-refractivity contribution in [2.75, 3.05) is 5.73 Å². The molecule has 0 saturated heterocycles. The first kappa shape index (κ1) is 11.0. The van der Waals surface area contributed by atoms with E-state index in [9.17, 15) is 14.5 Å². The van der Waals surface area contributed by atoms with Crippen LogP contribution in [0.4, 0.5) is 15.8 Å². The molecule has 0 aliphatic carbocycles. The standard InChI is InChI=1S/C11H8FN3O2/c12-7-3-4-10(15(16)17)8(6-7)11-9(13)2-1-5-14-11/h1-6H,13H2. The van der Waals surface area contributed by atoms with Crippen molar-refractivity contribution in [1.82, 2.24) is 4.98 Å². The minimum Gasteiger partial charge on any atom is -0.397 e. The van der Waals surface area contributed by atoms with Crippen LogP contribution in [0.2, 0.25) is 0 Å². The lowest BCUT2D eigenvalue weighted by Crippen LogP contribution is -1.97. The summed E-state index contributed by atoms with van der Waals surface area (Å²) in [6.07, 6.45) is 1.44. The Morgan fingerprint density at radius 1 is 1.35 bits per heavy atom. The maximum Gasteiger partial charge on any atom is 0.279 e. The molecule has 86 valence electrons. The van der Waals surface area contributed by atoms with E-state index < -0.39 is 10.7 Å². The van der Waals surface area contributed by atoms with Gasteiger partial charge >= 0.3 is 0 Å². The summed E-state index contributed by atoms with van der Waals surface area (Å²) in [5.74, 6) is -0.573. The minimum atomic E-state index is -0.594. The van der Waals surface area contributed by atoms with Gasteiger partial charge in [0.25, 0.3) is 5.69 Å². The van der Waals surface area contributed by atoms with E-state index in [1.54, 1.807) is 12.1 Å². The Hall–Kier alpha value is -2.50. The van der Waals surface area contributed by atoms with E-state index in [0.717, 1.165) is 18.2 Å². The van der Waals surface area contributed by atoms with Crippen molar-refractivity contribution < 1.29 is 9.31 Å². The quantitative estimate of drug-likeness (QED) is 0.637. The highest BCUT2D eigenvalue weighted by atomic mass is 19.1. The third-order valence-corrected chi connectivity index (χ3v) is 2.25. The van der Waals surface area contributed by atoms with Gasteiger partial charge in [-0.15, -0.1) is 0 Å². The predicted octanol–water partition coefficient (Wildman–Crippen LogP) is 2.38. The highest BCUT2D eigenvalue weighted by molar-refractivity contribution is 5.79. The van der Waals surface area contributed by atoms with Crippen LogP contribution >= 0.6 is 0 Å². The summed E-state index contributed by atoms with van der Waals surface area (Å²) in [5.41, 5.74) is 5.99. The summed E-state index contributed by atoms with van der Waals surface area (Å²) in [6.45, 7) is 0. The molecule has 0 bridgehead atoms. The molecule has 0 spiro atoms. The number of rotatable bonds is 2. The first-order valence-corrected chi connectivity index (χ1v) is 4.74. The van der Waals surface area contributed by atoms with E-state index in [-0.39, 0.29) is 22.6 Å². The van der Waals surface area contributed by atoms with Crippen LogP contribution in [0.15, 0.2) is 36.5 Å². The van der Waals surface area contributed by atoms with Gasteiger partial charge in [-0.05, 0) is 24.3 Å². The lowest BCUT2D eigenvalue weighted by atomic mass is 10.1. The summed E-state index contributed by atoms with van der Waals surface area (Å²) < 4.78 is 13.1. The summed E-state index contributed by atoms with van der Waals surface area (Å²) in [6, 6.07) is 6.33. The van der Waals surface area contributed by atoms with Gasteiger partial charge in [-0.3, -0.25) is 15.1 Å². The number of nitrogen functional groups attached to an aromatic ring is 1. The Morgan fingerprint density at radius 3 is 2.76 bits per heavy atom. The summed E-state index contributed by atoms with van der Waals surface area (Å²) in [4.78, 5) is 14.2. The van der Waals surface area contributed by atoms with Gasteiger partial charge in [-0.2, -0.15) is 0 Å². The van der Waals surface area contributed by atoms with Crippen molar-refractivity contribution in [3.05, 3.63) is 52.5 Å². The van der Waals surface area contributed by atoms with Gasteiger partial charge in [0.2, 0.25) is 0 Å². The second kappa shape index (κ2) is 4.17. The Bertz CT molecular complexity index is 587. The topological polar surface area (TPSA) is 82.0 Å². The Labute approximate surface area is 95.9 Å². The van der Waals surface area contributed by atoms with E-state index in [0.29, 0.717) is 0 Å². The van der Waals surface area contributed by atoms with Gasteiger partial charge in [0.1, 0.15) is 11.5 Å². The van der Waals surface area contributed by atoms with Gasteiger partial charge in [0, 0.05) is 12.3 Å². The molecule has 0 radical (unpaired) electrons. The number of nitrogens with two attached hydrogens (primary N) is 1. The second-order valence-corrected chi connectivity index (χ2v) is 3.36. The fourth-order valence-electron chi connectivity index (χ4n) is 1.50. The van der Waals surface area contributed by atoms with E-state index in [4.69, 9.17) is 5.73 Å². The van der Waals surface area contributed by atoms with Crippen LogP contribution in [0.25, 0.3) is 11.3 Å². The van der Waals surface area contributed by atoms with Crippen molar-refractivity contribution >= 4 is 11.4 Å². The van der Waals surface area contributed by atoms with Crippen molar-refractivity contribution in [2.24, 2.45) is 0 Å². The molecule has 0 aliphatic heterocycles. The van der Waals surface area contributed by atoms with Crippen molar-refractivity contribution in [1.29, 1.82) is 0 Å². The van der Waals surface area contributed by atoms with Crippen LogP contribution in [0.1, 0.15) is 0 Å². The third-order valence-electron chi connectivity index (χ3n) is 2.25. The van der Waals surface area contributed by atoms with Crippen LogP contribution in [0.5, 0.6) is 0 Å². The molecule has 0 amide bonds. The number of anilines is 1. The number of nitro benzene ring substituents is 1. The molecule has 5 nitrogen and oxygen atoms in total. The molecule has 1 aromatic heterocycles. The first-order chi connectivity index (χ1) is 8.09. The molecular formula is C11H8FN3O2. The highest BCUT2D eigenvalue weighted by Gasteiger charge is 2.18. The fourth-order valence-corrected chi connectivity index (χ4v) is 1.50. The van der Waals surface area contributed by atoms with Crippen LogP contribution in [0.3, 0.4) is 0 Å². The van der Waals surface area contributed by atoms with Gasteiger partial charge < -0.3 is 5.73 Å². The lowest BCUT2D eigenvalue weighted by Gasteiger charge is -2.05. The van der Waals surface area contributed by atoms with Gasteiger partial charge in [-0.25, -0.2) is 4.39 Å². The molecule has 0 fully saturated rings. The van der Waals surface area contributed by atoms with E-state index >= 15 is 0 Å². The van der Waals surface area contributed by atoms with Crippen LogP contribution in [-0.4, -0.2) is 9.91 Å². The average Bonchev–Trinajstić information content (AvgIpc) is 2.29. The number of halogens is 1. The summed E-state index contributed by atoms with van der Waals surface area (Å²) >= 11 is 0. The predicted molar refractivity (Wildman–Crippen MR) is 60.7 cm³/mol. The smallest absolute Gasteiger partial charge is 0.279 e. The summed E-state index contributed by atoms with van der Waals surface area (Å²) in [5, 5.41) is 10.8. The Balaban J connectivity index is 2.70. The monoisotopic (exact) mass is 233 g/mol. The van der Waals surface area contributed by atoms with Gasteiger partial charge in [-0.1, -0.05) is 0 Å². The normalized spacial score (nSPS) is 10.2. The number of nitro groups is 1. The number of hydrogen-bond acceptors (Lipinski definition) is 4. The van der Waals surface area contributed by atoms with Crippen molar-refractivity contribution in [3.8, 4) is 11.3 Å². The van der Waals surface area contributed by atoms with E-state index in [2.05, 4.69) is 4.98 Å². The summed E-state index contributed by atoms with van der Waals surface area (Å²) in [7, 11) is 0. The number of nitrogens with zero attached hydrogens (tertiary/aromatic N) is 2. The number of benzene rings is 1. The second-order valence-electron chi connectivity index (χ2n) is 3.36. The first-order valence-electron chi connectivity index (χ1n) is 4.74. The Kier molecular flexibility index (Phi) is 2.70. The van der Waals surface area contributed by atoms with Gasteiger partial charge in [0.15, 0.2) is 0 Å². The third kappa shape index (κ3) is 2.05. The van der Waals surface area contributed by atoms with Gasteiger partial charge in [0.05, 0.1) is 16.2 Å². The van der Waals surface area contributed by atoms with Crippen molar-refractivity contribution in [3.63, 3.8) is 0 Å². The number of pyridine rings is 1. The molecule has 0 unspecified atom stereocenters. The van der Waals surface area contributed by atoms with Crippen LogP contribution in [0, 0.1) is 15.9 Å². The van der Waals surface area contributed by atoms with Crippen LogP contribution < -0.4 is 5.73 Å². The fraction of sp³-hybridized carbons (Fsp3) is 0. The molecule has 0 saturated carbocycles.